The Morgan fingerprint density at radius 1 is 1.45 bits per heavy atom. The standard InChI is InChI=1S/C15H22N2O2S/c1-4-10(2)13-14(18)16-11(3)15(19)17(13)7-5-12-6-8-20-9-12/h6,8-11,13H,4-5,7H2,1-3H3,(H,16,18). The van der Waals surface area contributed by atoms with E-state index in [4.69, 9.17) is 0 Å². The number of carbonyl (C=O) groups excluding carboxylic acids is 2. The van der Waals surface area contributed by atoms with Gasteiger partial charge >= 0.3 is 0 Å². The third-order valence-corrected chi connectivity index (χ3v) is 4.75. The number of nitrogens with one attached hydrogen (secondary N) is 1. The Hall–Kier alpha value is -1.36. The van der Waals surface area contributed by atoms with Gasteiger partial charge in [-0.1, -0.05) is 20.3 Å². The Balaban J connectivity index is 2.13. The number of piperazine rings is 1. The van der Waals surface area contributed by atoms with E-state index in [9.17, 15) is 9.59 Å². The average Bonchev–Trinajstić information content (AvgIpc) is 2.93. The fraction of sp³-hybridized carbons (Fsp3) is 0.600. The second-order valence-electron chi connectivity index (χ2n) is 5.47. The number of amides is 2. The quantitative estimate of drug-likeness (QED) is 0.903. The molecular formula is C15H22N2O2S. The summed E-state index contributed by atoms with van der Waals surface area (Å²) in [6, 6.07) is 1.33. The highest BCUT2D eigenvalue weighted by atomic mass is 32.1. The van der Waals surface area contributed by atoms with Crippen LogP contribution in [0, 0.1) is 5.92 Å². The molecular weight excluding hydrogens is 272 g/mol. The Labute approximate surface area is 124 Å². The molecule has 0 aliphatic carbocycles. The Kier molecular flexibility index (Phi) is 4.81. The molecule has 0 spiro atoms. The monoisotopic (exact) mass is 294 g/mol. The smallest absolute Gasteiger partial charge is 0.245 e. The fourth-order valence-corrected chi connectivity index (χ4v) is 3.31. The van der Waals surface area contributed by atoms with Crippen LogP contribution in [0.3, 0.4) is 0 Å². The zero-order valence-corrected chi connectivity index (χ0v) is 13.1. The van der Waals surface area contributed by atoms with Gasteiger partial charge in [-0.2, -0.15) is 11.3 Å². The molecule has 0 radical (unpaired) electrons. The molecule has 1 fully saturated rings. The van der Waals surface area contributed by atoms with Crippen LogP contribution in [0.5, 0.6) is 0 Å². The second-order valence-corrected chi connectivity index (χ2v) is 6.25. The van der Waals surface area contributed by atoms with Gasteiger partial charge in [-0.15, -0.1) is 0 Å². The lowest BCUT2D eigenvalue weighted by Crippen LogP contribution is -2.64. The van der Waals surface area contributed by atoms with Crippen LogP contribution < -0.4 is 5.32 Å². The molecule has 1 aliphatic rings. The summed E-state index contributed by atoms with van der Waals surface area (Å²) in [6.07, 6.45) is 1.69. The summed E-state index contributed by atoms with van der Waals surface area (Å²) >= 11 is 1.66. The first-order valence-corrected chi connectivity index (χ1v) is 8.10. The molecule has 1 N–H and O–H groups in total. The number of hydrogen-bond acceptors (Lipinski definition) is 3. The zero-order valence-electron chi connectivity index (χ0n) is 12.3. The highest BCUT2D eigenvalue weighted by Gasteiger charge is 2.40. The third kappa shape index (κ3) is 3.03. The lowest BCUT2D eigenvalue weighted by molar-refractivity contribution is -0.150. The summed E-state index contributed by atoms with van der Waals surface area (Å²) < 4.78 is 0. The lowest BCUT2D eigenvalue weighted by Gasteiger charge is -2.40. The van der Waals surface area contributed by atoms with E-state index in [2.05, 4.69) is 23.7 Å². The van der Waals surface area contributed by atoms with Crippen molar-refractivity contribution in [1.82, 2.24) is 10.2 Å². The van der Waals surface area contributed by atoms with Crippen molar-refractivity contribution < 1.29 is 9.59 Å². The molecule has 2 heterocycles. The van der Waals surface area contributed by atoms with Crippen LogP contribution in [-0.4, -0.2) is 35.3 Å². The average molecular weight is 294 g/mol. The highest BCUT2D eigenvalue weighted by Crippen LogP contribution is 2.21. The number of thiophene rings is 1. The Bertz CT molecular complexity index is 472. The first kappa shape index (κ1) is 15.0. The second kappa shape index (κ2) is 6.39. The van der Waals surface area contributed by atoms with Crippen LogP contribution >= 0.6 is 11.3 Å². The van der Waals surface area contributed by atoms with Gasteiger partial charge < -0.3 is 10.2 Å². The first-order valence-electron chi connectivity index (χ1n) is 7.16. The van der Waals surface area contributed by atoms with Gasteiger partial charge in [-0.25, -0.2) is 0 Å². The molecule has 1 aromatic rings. The molecule has 1 saturated heterocycles. The van der Waals surface area contributed by atoms with Crippen molar-refractivity contribution in [2.75, 3.05) is 6.54 Å². The minimum Gasteiger partial charge on any atom is -0.343 e. The molecule has 3 unspecified atom stereocenters. The van der Waals surface area contributed by atoms with Crippen molar-refractivity contribution in [3.63, 3.8) is 0 Å². The molecule has 2 amide bonds. The van der Waals surface area contributed by atoms with Crippen LogP contribution in [-0.2, 0) is 16.0 Å². The Morgan fingerprint density at radius 2 is 2.20 bits per heavy atom. The summed E-state index contributed by atoms with van der Waals surface area (Å²) in [5.41, 5.74) is 1.23. The van der Waals surface area contributed by atoms with Crippen molar-refractivity contribution in [3.8, 4) is 0 Å². The minimum absolute atomic E-state index is 0.0169. The zero-order chi connectivity index (χ0) is 14.7. The topological polar surface area (TPSA) is 49.4 Å². The van der Waals surface area contributed by atoms with E-state index in [1.807, 2.05) is 12.3 Å². The fourth-order valence-electron chi connectivity index (χ4n) is 2.61. The Morgan fingerprint density at radius 3 is 2.80 bits per heavy atom. The first-order chi connectivity index (χ1) is 9.54. The van der Waals surface area contributed by atoms with Gasteiger partial charge in [0.05, 0.1) is 0 Å². The molecule has 3 atom stereocenters. The van der Waals surface area contributed by atoms with Gasteiger partial charge in [0, 0.05) is 6.54 Å². The predicted molar refractivity (Wildman–Crippen MR) is 80.6 cm³/mol. The number of carbonyl (C=O) groups is 2. The van der Waals surface area contributed by atoms with E-state index in [-0.39, 0.29) is 23.8 Å². The molecule has 1 aliphatic heterocycles. The molecule has 0 saturated carbocycles. The van der Waals surface area contributed by atoms with Crippen LogP contribution in [0.15, 0.2) is 16.8 Å². The minimum atomic E-state index is -0.412. The number of hydrogen-bond donors (Lipinski definition) is 1. The van der Waals surface area contributed by atoms with E-state index < -0.39 is 6.04 Å². The van der Waals surface area contributed by atoms with Gasteiger partial charge in [-0.3, -0.25) is 9.59 Å². The van der Waals surface area contributed by atoms with Crippen LogP contribution in [0.25, 0.3) is 0 Å². The summed E-state index contributed by atoms with van der Waals surface area (Å²) in [7, 11) is 0. The van der Waals surface area contributed by atoms with Crippen molar-refractivity contribution >= 4 is 23.2 Å². The van der Waals surface area contributed by atoms with Gasteiger partial charge in [0.2, 0.25) is 11.8 Å². The summed E-state index contributed by atoms with van der Waals surface area (Å²) in [5.74, 6) is 0.191. The molecule has 110 valence electrons. The number of rotatable bonds is 5. The van der Waals surface area contributed by atoms with Crippen molar-refractivity contribution in [2.24, 2.45) is 5.92 Å². The summed E-state index contributed by atoms with van der Waals surface area (Å²) in [6.45, 7) is 6.45. The third-order valence-electron chi connectivity index (χ3n) is 4.02. The lowest BCUT2D eigenvalue weighted by atomic mass is 9.93. The maximum Gasteiger partial charge on any atom is 0.245 e. The van der Waals surface area contributed by atoms with Crippen LogP contribution in [0.4, 0.5) is 0 Å². The molecule has 2 rings (SSSR count). The van der Waals surface area contributed by atoms with E-state index in [0.29, 0.717) is 6.54 Å². The molecule has 4 nitrogen and oxygen atoms in total. The van der Waals surface area contributed by atoms with E-state index in [1.54, 1.807) is 23.2 Å². The van der Waals surface area contributed by atoms with Crippen LogP contribution in [0.2, 0.25) is 0 Å². The van der Waals surface area contributed by atoms with E-state index in [1.165, 1.54) is 5.56 Å². The van der Waals surface area contributed by atoms with Crippen molar-refractivity contribution in [1.29, 1.82) is 0 Å². The van der Waals surface area contributed by atoms with Gasteiger partial charge in [0.25, 0.3) is 0 Å². The van der Waals surface area contributed by atoms with Gasteiger partial charge in [0.1, 0.15) is 12.1 Å². The SMILES string of the molecule is CCC(C)C1C(=O)NC(C)C(=O)N1CCc1ccsc1. The predicted octanol–water partition coefficient (Wildman–Crippen LogP) is 2.05. The summed E-state index contributed by atoms with van der Waals surface area (Å²) in [4.78, 5) is 26.4. The molecule has 1 aromatic heterocycles. The molecule has 20 heavy (non-hydrogen) atoms. The van der Waals surface area contributed by atoms with Crippen molar-refractivity contribution in [3.05, 3.63) is 22.4 Å². The molecule has 0 aromatic carbocycles. The number of nitrogens with zero attached hydrogens (tertiary/aromatic N) is 1. The van der Waals surface area contributed by atoms with Crippen LogP contribution in [0.1, 0.15) is 32.8 Å². The highest BCUT2D eigenvalue weighted by molar-refractivity contribution is 7.07. The molecule has 5 heteroatoms. The van der Waals surface area contributed by atoms with Gasteiger partial charge in [-0.05, 0) is 41.7 Å². The van der Waals surface area contributed by atoms with Crippen molar-refractivity contribution in [2.45, 2.75) is 45.7 Å². The van der Waals surface area contributed by atoms with E-state index >= 15 is 0 Å². The van der Waals surface area contributed by atoms with Gasteiger partial charge in [0.15, 0.2) is 0 Å². The van der Waals surface area contributed by atoms with E-state index in [0.717, 1.165) is 12.8 Å². The largest absolute Gasteiger partial charge is 0.343 e. The normalized spacial score (nSPS) is 24.6. The maximum atomic E-state index is 12.4. The molecule has 0 bridgehead atoms. The maximum absolute atomic E-state index is 12.4. The summed E-state index contributed by atoms with van der Waals surface area (Å²) in [5, 5.41) is 6.92.